The van der Waals surface area contributed by atoms with Gasteiger partial charge in [-0.25, -0.2) is 8.42 Å². The second-order valence-electron chi connectivity index (χ2n) is 3.17. The van der Waals surface area contributed by atoms with Crippen LogP contribution in [0.15, 0.2) is 0 Å². The number of thioether (sulfide) groups is 1. The Hall–Kier alpha value is 0.380. The first-order valence-corrected chi connectivity index (χ1v) is 7.11. The fourth-order valence-corrected chi connectivity index (χ4v) is 3.59. The van der Waals surface area contributed by atoms with Gasteiger partial charge in [-0.05, 0) is 19.3 Å². The molecule has 1 fully saturated rings. The van der Waals surface area contributed by atoms with Crippen LogP contribution in [-0.2, 0) is 9.05 Å². The summed E-state index contributed by atoms with van der Waals surface area (Å²) in [5.74, 6) is -0.255. The maximum atomic E-state index is 11.7. The molecule has 0 N–H and O–H groups in total. The third-order valence-electron chi connectivity index (χ3n) is 2.15. The van der Waals surface area contributed by atoms with Gasteiger partial charge in [0.25, 0.3) is 0 Å². The van der Waals surface area contributed by atoms with Crippen LogP contribution in [0.1, 0.15) is 19.3 Å². The van der Waals surface area contributed by atoms with Crippen molar-refractivity contribution < 1.29 is 21.6 Å². The average molecular weight is 269 g/mol. The summed E-state index contributed by atoms with van der Waals surface area (Å²) in [6.07, 6.45) is 0.720. The van der Waals surface area contributed by atoms with E-state index in [1.807, 2.05) is 0 Å². The van der Waals surface area contributed by atoms with Gasteiger partial charge in [-0.15, -0.1) is 0 Å². The van der Waals surface area contributed by atoms with Crippen molar-refractivity contribution in [2.75, 3.05) is 5.75 Å². The largest absolute Gasteiger partial charge is 0.441 e. The summed E-state index contributed by atoms with van der Waals surface area (Å²) >= 11 is -0.207. The summed E-state index contributed by atoms with van der Waals surface area (Å²) < 4.78 is 56.0. The molecule has 1 aliphatic rings. The fourth-order valence-electron chi connectivity index (χ4n) is 1.11. The lowest BCUT2D eigenvalue weighted by atomic mass is 10.3. The van der Waals surface area contributed by atoms with Crippen molar-refractivity contribution in [3.8, 4) is 0 Å². The second-order valence-corrected chi connectivity index (χ2v) is 7.29. The zero-order valence-electron chi connectivity index (χ0n) is 6.97. The lowest BCUT2D eigenvalue weighted by molar-refractivity contribution is -0.0328. The monoisotopic (exact) mass is 268 g/mol. The van der Waals surface area contributed by atoms with E-state index in [2.05, 4.69) is 0 Å². The van der Waals surface area contributed by atoms with E-state index in [1.54, 1.807) is 0 Å². The first kappa shape index (κ1) is 12.4. The summed E-state index contributed by atoms with van der Waals surface area (Å²) in [4.78, 5) is 0. The van der Waals surface area contributed by atoms with Gasteiger partial charge in [-0.1, -0.05) is 11.8 Å². The number of halogens is 4. The van der Waals surface area contributed by atoms with E-state index in [0.717, 1.165) is 0 Å². The lowest BCUT2D eigenvalue weighted by Gasteiger charge is -2.11. The minimum Gasteiger partial charge on any atom is -0.212 e. The maximum Gasteiger partial charge on any atom is 0.441 e. The quantitative estimate of drug-likeness (QED) is 0.735. The van der Waals surface area contributed by atoms with Crippen molar-refractivity contribution in [1.29, 1.82) is 0 Å². The Morgan fingerprint density at radius 2 is 1.86 bits per heavy atom. The number of hydrogen-bond donors (Lipinski definition) is 0. The first-order valence-electron chi connectivity index (χ1n) is 3.81. The third-order valence-corrected chi connectivity index (χ3v) is 5.51. The van der Waals surface area contributed by atoms with E-state index in [1.165, 1.54) is 0 Å². The van der Waals surface area contributed by atoms with Crippen LogP contribution in [0.4, 0.5) is 13.2 Å². The highest BCUT2D eigenvalue weighted by Gasteiger charge is 2.53. The highest BCUT2D eigenvalue weighted by Crippen LogP contribution is 2.49. The van der Waals surface area contributed by atoms with Gasteiger partial charge in [0.05, 0.1) is 4.75 Å². The topological polar surface area (TPSA) is 34.1 Å². The van der Waals surface area contributed by atoms with Crippen molar-refractivity contribution in [2.45, 2.75) is 29.5 Å². The Labute approximate surface area is 88.6 Å². The Morgan fingerprint density at radius 1 is 1.36 bits per heavy atom. The molecular weight excluding hydrogens is 261 g/mol. The predicted molar refractivity (Wildman–Crippen MR) is 49.9 cm³/mol. The molecule has 84 valence electrons. The lowest BCUT2D eigenvalue weighted by Crippen LogP contribution is -2.19. The van der Waals surface area contributed by atoms with Crippen LogP contribution in [0.5, 0.6) is 0 Å². The molecule has 0 aromatic heterocycles. The van der Waals surface area contributed by atoms with Crippen molar-refractivity contribution >= 4 is 31.5 Å². The van der Waals surface area contributed by atoms with Gasteiger partial charge >= 0.3 is 5.51 Å². The Kier molecular flexibility index (Phi) is 3.34. The van der Waals surface area contributed by atoms with Crippen LogP contribution in [0.2, 0.25) is 0 Å². The number of rotatable bonds is 4. The number of hydrogen-bond acceptors (Lipinski definition) is 3. The van der Waals surface area contributed by atoms with Gasteiger partial charge in [0.2, 0.25) is 9.05 Å². The molecule has 14 heavy (non-hydrogen) atoms. The Bertz CT molecular complexity index is 308. The van der Waals surface area contributed by atoms with Crippen LogP contribution in [0, 0.1) is 0 Å². The summed E-state index contributed by atoms with van der Waals surface area (Å²) in [6.45, 7) is 0. The van der Waals surface area contributed by atoms with Gasteiger partial charge in [0, 0.05) is 16.4 Å². The molecule has 0 spiro atoms. The van der Waals surface area contributed by atoms with Crippen LogP contribution in [0.25, 0.3) is 0 Å². The fraction of sp³-hybridized carbons (Fsp3) is 1.00. The smallest absolute Gasteiger partial charge is 0.212 e. The van der Waals surface area contributed by atoms with Crippen LogP contribution in [0.3, 0.4) is 0 Å². The molecule has 0 radical (unpaired) electrons. The van der Waals surface area contributed by atoms with Crippen molar-refractivity contribution in [3.63, 3.8) is 0 Å². The minimum atomic E-state index is -4.30. The number of alkyl halides is 3. The molecule has 0 aromatic carbocycles. The van der Waals surface area contributed by atoms with E-state index in [-0.39, 0.29) is 23.9 Å². The highest BCUT2D eigenvalue weighted by molar-refractivity contribution is 8.15. The van der Waals surface area contributed by atoms with E-state index in [4.69, 9.17) is 10.7 Å². The normalized spacial score (nSPS) is 20.9. The van der Waals surface area contributed by atoms with Gasteiger partial charge in [-0.2, -0.15) is 13.2 Å². The SMILES string of the molecule is O=S(=O)(Cl)C1(CCSC(F)(F)F)CC1. The van der Waals surface area contributed by atoms with Crippen LogP contribution in [-0.4, -0.2) is 24.4 Å². The molecular formula is C6H8ClF3O2S2. The molecule has 0 heterocycles. The maximum absolute atomic E-state index is 11.7. The summed E-state index contributed by atoms with van der Waals surface area (Å²) in [5, 5.41) is 0. The molecule has 0 aromatic rings. The first-order chi connectivity index (χ1) is 6.16. The molecule has 1 saturated carbocycles. The zero-order valence-corrected chi connectivity index (χ0v) is 9.36. The van der Waals surface area contributed by atoms with Gasteiger partial charge in [0.15, 0.2) is 0 Å². The van der Waals surface area contributed by atoms with E-state index < -0.39 is 19.3 Å². The van der Waals surface area contributed by atoms with Gasteiger partial charge < -0.3 is 0 Å². The standard InChI is InChI=1S/C6H8ClF3O2S2/c7-14(11,12)5(1-2-5)3-4-13-6(8,9)10/h1-4H2. The molecule has 2 nitrogen and oxygen atoms in total. The van der Waals surface area contributed by atoms with E-state index >= 15 is 0 Å². The minimum absolute atomic E-state index is 0.0248. The second kappa shape index (κ2) is 3.75. The summed E-state index contributed by atoms with van der Waals surface area (Å²) in [7, 11) is 1.40. The molecule has 1 aliphatic carbocycles. The molecule has 8 heteroatoms. The summed E-state index contributed by atoms with van der Waals surface area (Å²) in [6, 6.07) is 0. The molecule has 0 aliphatic heterocycles. The van der Waals surface area contributed by atoms with Crippen molar-refractivity contribution in [3.05, 3.63) is 0 Å². The van der Waals surface area contributed by atoms with Crippen LogP contribution < -0.4 is 0 Å². The van der Waals surface area contributed by atoms with E-state index in [9.17, 15) is 21.6 Å². The highest BCUT2D eigenvalue weighted by atomic mass is 35.7. The molecule has 0 bridgehead atoms. The molecule has 0 saturated heterocycles. The van der Waals surface area contributed by atoms with Crippen LogP contribution >= 0.6 is 22.4 Å². The third kappa shape index (κ3) is 3.20. The average Bonchev–Trinajstić information content (AvgIpc) is 2.63. The van der Waals surface area contributed by atoms with Crippen molar-refractivity contribution in [2.24, 2.45) is 0 Å². The predicted octanol–water partition coefficient (Wildman–Crippen LogP) is 2.73. The van der Waals surface area contributed by atoms with E-state index in [0.29, 0.717) is 12.8 Å². The van der Waals surface area contributed by atoms with Crippen molar-refractivity contribution in [1.82, 2.24) is 0 Å². The molecule has 0 amide bonds. The zero-order chi connectivity index (χ0) is 11.0. The van der Waals surface area contributed by atoms with Gasteiger partial charge in [0.1, 0.15) is 0 Å². The Balaban J connectivity index is 2.40. The molecule has 0 unspecified atom stereocenters. The summed E-state index contributed by atoms with van der Waals surface area (Å²) in [5.41, 5.74) is -4.30. The van der Waals surface area contributed by atoms with Gasteiger partial charge in [-0.3, -0.25) is 0 Å². The Morgan fingerprint density at radius 3 is 2.14 bits per heavy atom. The molecule has 1 rings (SSSR count). The molecule has 0 atom stereocenters.